The van der Waals surface area contributed by atoms with E-state index in [0.29, 0.717) is 22.8 Å². The maximum Gasteiger partial charge on any atom is 0.308 e. The molecular formula is C21H25NO6. The molecule has 0 aromatic heterocycles. The van der Waals surface area contributed by atoms with Crippen LogP contribution in [0.2, 0.25) is 0 Å². The lowest BCUT2D eigenvalue weighted by Crippen LogP contribution is -2.28. The van der Waals surface area contributed by atoms with Crippen molar-refractivity contribution in [2.24, 2.45) is 0 Å². The van der Waals surface area contributed by atoms with Gasteiger partial charge in [-0.25, -0.2) is 0 Å². The summed E-state index contributed by atoms with van der Waals surface area (Å²) in [4.78, 5) is 23.8. The first-order chi connectivity index (χ1) is 13.5. The highest BCUT2D eigenvalue weighted by atomic mass is 16.5. The molecule has 0 saturated carbocycles. The van der Waals surface area contributed by atoms with E-state index in [1.165, 1.54) is 28.3 Å². The Bertz CT molecular complexity index is 781. The number of hydrogen-bond donors (Lipinski definition) is 1. The van der Waals surface area contributed by atoms with Gasteiger partial charge in [0.2, 0.25) is 11.7 Å². The van der Waals surface area contributed by atoms with Crippen LogP contribution in [0.15, 0.2) is 42.5 Å². The molecule has 7 nitrogen and oxygen atoms in total. The van der Waals surface area contributed by atoms with Crippen molar-refractivity contribution in [3.8, 4) is 17.2 Å². The highest BCUT2D eigenvalue weighted by Crippen LogP contribution is 2.38. The lowest BCUT2D eigenvalue weighted by Gasteiger charge is -2.18. The van der Waals surface area contributed by atoms with E-state index in [4.69, 9.17) is 18.9 Å². The normalized spacial score (nSPS) is 11.3. The van der Waals surface area contributed by atoms with Gasteiger partial charge in [-0.15, -0.1) is 0 Å². The minimum atomic E-state index is -0.453. The van der Waals surface area contributed by atoms with Crippen LogP contribution in [0.1, 0.15) is 30.5 Å². The second kappa shape index (κ2) is 10.2. The Morgan fingerprint density at radius 2 is 1.57 bits per heavy atom. The van der Waals surface area contributed by atoms with Crippen molar-refractivity contribution in [2.75, 3.05) is 21.3 Å². The van der Waals surface area contributed by atoms with E-state index in [-0.39, 0.29) is 18.9 Å². The summed E-state index contributed by atoms with van der Waals surface area (Å²) in [6, 6.07) is 12.3. The van der Waals surface area contributed by atoms with Crippen LogP contribution in [0.5, 0.6) is 17.2 Å². The quantitative estimate of drug-likeness (QED) is 0.666. The SMILES string of the molecule is COc1cc(COC(=O)C[C@H](NC(C)=O)c2ccccc2)cc(OC)c1OC. The molecule has 150 valence electrons. The maximum absolute atomic E-state index is 12.4. The maximum atomic E-state index is 12.4. The molecule has 1 atom stereocenters. The Kier molecular flexibility index (Phi) is 7.68. The molecule has 1 amide bonds. The average molecular weight is 387 g/mol. The summed E-state index contributed by atoms with van der Waals surface area (Å²) >= 11 is 0. The number of nitrogens with one attached hydrogen (secondary N) is 1. The zero-order valence-electron chi connectivity index (χ0n) is 16.5. The third-order valence-electron chi connectivity index (χ3n) is 4.07. The Hall–Kier alpha value is -3.22. The Labute approximate surface area is 164 Å². The molecular weight excluding hydrogens is 362 g/mol. The molecule has 0 fully saturated rings. The molecule has 2 rings (SSSR count). The smallest absolute Gasteiger partial charge is 0.308 e. The lowest BCUT2D eigenvalue weighted by atomic mass is 10.0. The molecule has 0 radical (unpaired) electrons. The van der Waals surface area contributed by atoms with Gasteiger partial charge in [0.1, 0.15) is 6.61 Å². The van der Waals surface area contributed by atoms with Crippen molar-refractivity contribution in [2.45, 2.75) is 26.0 Å². The first kappa shape index (κ1) is 21.1. The summed E-state index contributed by atoms with van der Waals surface area (Å²) in [7, 11) is 4.56. The minimum Gasteiger partial charge on any atom is -0.493 e. The van der Waals surface area contributed by atoms with Gasteiger partial charge >= 0.3 is 5.97 Å². The minimum absolute atomic E-state index is 0.0218. The van der Waals surface area contributed by atoms with E-state index < -0.39 is 12.0 Å². The van der Waals surface area contributed by atoms with E-state index >= 15 is 0 Å². The van der Waals surface area contributed by atoms with Crippen molar-refractivity contribution >= 4 is 11.9 Å². The molecule has 2 aromatic carbocycles. The molecule has 0 spiro atoms. The van der Waals surface area contributed by atoms with Gasteiger partial charge in [-0.05, 0) is 23.3 Å². The zero-order valence-corrected chi connectivity index (χ0v) is 16.5. The first-order valence-corrected chi connectivity index (χ1v) is 8.75. The van der Waals surface area contributed by atoms with E-state index in [9.17, 15) is 9.59 Å². The van der Waals surface area contributed by atoms with Gasteiger partial charge in [0, 0.05) is 6.92 Å². The molecule has 0 heterocycles. The standard InChI is InChI=1S/C21H25NO6/c1-14(23)22-17(16-8-6-5-7-9-16)12-20(24)28-13-15-10-18(25-2)21(27-4)19(11-15)26-3/h5-11,17H,12-13H2,1-4H3,(H,22,23)/t17-/m0/s1. The Balaban J connectivity index is 2.07. The summed E-state index contributed by atoms with van der Waals surface area (Å²) in [6.45, 7) is 1.45. The van der Waals surface area contributed by atoms with Crippen LogP contribution >= 0.6 is 0 Å². The van der Waals surface area contributed by atoms with Gasteiger partial charge in [0.05, 0.1) is 33.8 Å². The zero-order chi connectivity index (χ0) is 20.5. The van der Waals surface area contributed by atoms with Gasteiger partial charge in [-0.2, -0.15) is 0 Å². The number of hydrogen-bond acceptors (Lipinski definition) is 6. The molecule has 0 aliphatic heterocycles. The predicted molar refractivity (Wildman–Crippen MR) is 104 cm³/mol. The highest BCUT2D eigenvalue weighted by molar-refractivity contribution is 5.76. The van der Waals surface area contributed by atoms with E-state index in [2.05, 4.69) is 5.32 Å². The van der Waals surface area contributed by atoms with Crippen LogP contribution in [-0.2, 0) is 20.9 Å². The fourth-order valence-electron chi connectivity index (χ4n) is 2.79. The first-order valence-electron chi connectivity index (χ1n) is 8.75. The topological polar surface area (TPSA) is 83.1 Å². The molecule has 0 unspecified atom stereocenters. The number of benzene rings is 2. The number of methoxy groups -OCH3 is 3. The summed E-state index contributed by atoms with van der Waals surface area (Å²) in [6.07, 6.45) is 0.0218. The van der Waals surface area contributed by atoms with Gasteiger partial charge in [0.15, 0.2) is 11.5 Å². The largest absolute Gasteiger partial charge is 0.493 e. The average Bonchev–Trinajstić information content (AvgIpc) is 2.71. The molecule has 7 heteroatoms. The second-order valence-electron chi connectivity index (χ2n) is 6.06. The van der Waals surface area contributed by atoms with E-state index in [0.717, 1.165) is 5.56 Å². The van der Waals surface area contributed by atoms with Crippen LogP contribution in [0.3, 0.4) is 0 Å². The van der Waals surface area contributed by atoms with Crippen LogP contribution in [0.4, 0.5) is 0 Å². The third kappa shape index (κ3) is 5.64. The molecule has 28 heavy (non-hydrogen) atoms. The van der Waals surface area contributed by atoms with Crippen molar-refractivity contribution < 1.29 is 28.5 Å². The van der Waals surface area contributed by atoms with Crippen LogP contribution in [-0.4, -0.2) is 33.2 Å². The van der Waals surface area contributed by atoms with Crippen molar-refractivity contribution in [1.29, 1.82) is 0 Å². The summed E-state index contributed by atoms with van der Waals surface area (Å²) in [5.41, 5.74) is 1.53. The number of ether oxygens (including phenoxy) is 4. The van der Waals surface area contributed by atoms with Crippen LogP contribution in [0.25, 0.3) is 0 Å². The highest BCUT2D eigenvalue weighted by Gasteiger charge is 2.19. The number of carbonyl (C=O) groups excluding carboxylic acids is 2. The molecule has 2 aromatic rings. The van der Waals surface area contributed by atoms with Gasteiger partial charge < -0.3 is 24.3 Å². The second-order valence-corrected chi connectivity index (χ2v) is 6.06. The predicted octanol–water partition coefficient (Wildman–Crippen LogP) is 3.02. The Morgan fingerprint density at radius 1 is 0.964 bits per heavy atom. The summed E-state index contributed by atoms with van der Waals surface area (Å²) in [5, 5.41) is 2.78. The van der Waals surface area contributed by atoms with Crippen LogP contribution < -0.4 is 19.5 Å². The molecule has 1 N–H and O–H groups in total. The van der Waals surface area contributed by atoms with Crippen LogP contribution in [0, 0.1) is 0 Å². The number of esters is 1. The molecule has 0 aliphatic carbocycles. The van der Waals surface area contributed by atoms with Gasteiger partial charge in [0.25, 0.3) is 0 Å². The Morgan fingerprint density at radius 3 is 2.07 bits per heavy atom. The van der Waals surface area contributed by atoms with E-state index in [1.807, 2.05) is 30.3 Å². The molecule has 0 aliphatic rings. The summed E-state index contributed by atoms with van der Waals surface area (Å²) in [5.74, 6) is 0.777. The molecule has 0 saturated heterocycles. The third-order valence-corrected chi connectivity index (χ3v) is 4.07. The number of rotatable bonds is 9. The fraction of sp³-hybridized carbons (Fsp3) is 0.333. The van der Waals surface area contributed by atoms with Gasteiger partial charge in [-0.3, -0.25) is 9.59 Å². The number of amides is 1. The van der Waals surface area contributed by atoms with Gasteiger partial charge in [-0.1, -0.05) is 30.3 Å². The summed E-state index contributed by atoms with van der Waals surface area (Å²) < 4.78 is 21.3. The van der Waals surface area contributed by atoms with E-state index in [1.54, 1.807) is 12.1 Å². The number of carbonyl (C=O) groups is 2. The lowest BCUT2D eigenvalue weighted by molar-refractivity contribution is -0.145. The monoisotopic (exact) mass is 387 g/mol. The fourth-order valence-corrected chi connectivity index (χ4v) is 2.79. The van der Waals surface area contributed by atoms with Crippen molar-refractivity contribution in [3.63, 3.8) is 0 Å². The molecule has 0 bridgehead atoms. The van der Waals surface area contributed by atoms with Crippen molar-refractivity contribution in [1.82, 2.24) is 5.32 Å². The van der Waals surface area contributed by atoms with Crippen molar-refractivity contribution in [3.05, 3.63) is 53.6 Å².